The zero-order valence-corrected chi connectivity index (χ0v) is 63.9. The van der Waals surface area contributed by atoms with Crippen LogP contribution in [0.5, 0.6) is 0 Å². The summed E-state index contributed by atoms with van der Waals surface area (Å²) in [5.41, 5.74) is 11.8. The van der Waals surface area contributed by atoms with E-state index in [9.17, 15) is 24.4 Å². The molecule has 0 unspecified atom stereocenters. The van der Waals surface area contributed by atoms with Crippen molar-refractivity contribution >= 4 is 68.1 Å². The van der Waals surface area contributed by atoms with Crippen LogP contribution in [0.2, 0.25) is 0 Å². The lowest BCUT2D eigenvalue weighted by atomic mass is 9.79. The summed E-state index contributed by atoms with van der Waals surface area (Å²) in [5, 5.41) is 39.8. The van der Waals surface area contributed by atoms with Crippen molar-refractivity contribution in [3.63, 3.8) is 0 Å². The van der Waals surface area contributed by atoms with Crippen molar-refractivity contribution in [1.82, 2.24) is 35.1 Å². The summed E-state index contributed by atoms with van der Waals surface area (Å²) in [4.78, 5) is 76.8. The van der Waals surface area contributed by atoms with E-state index in [1.165, 1.54) is 33.5 Å². The fourth-order valence-electron chi connectivity index (χ4n) is 9.78. The third kappa shape index (κ3) is 29.1. The molecule has 0 atom stereocenters. The highest BCUT2D eigenvalue weighted by Crippen LogP contribution is 2.27. The lowest BCUT2D eigenvalue weighted by Crippen LogP contribution is -2.40. The van der Waals surface area contributed by atoms with Crippen molar-refractivity contribution in [2.45, 2.75) is 131 Å². The first kappa shape index (κ1) is 82.6. The SMILES string of the molecule is CC(C)(C)ON(CCc1ccccc1)C(=O)c1ccc(Br)cn1.CC(C)c1cccc(-c2ccc(C(=O)N(CCc3ccccc3)OC(C)(C)C)nc2)c1.CC(C)c1cccc(-c2ccc(C(=O)N(O)CCc3ccccc3)nc2)c1.CC(C)c1cccc(B(O)O)c1.O=C(O)c1ccc(Br)cn1. The van der Waals surface area contributed by atoms with Crippen LogP contribution < -0.4 is 5.46 Å². The van der Waals surface area contributed by atoms with E-state index in [2.05, 4.69) is 142 Å². The highest BCUT2D eigenvalue weighted by atomic mass is 79.9. The Labute approximate surface area is 624 Å². The molecule has 17 nitrogen and oxygen atoms in total. The van der Waals surface area contributed by atoms with Gasteiger partial charge >= 0.3 is 13.1 Å². The Balaban J connectivity index is 0.000000213. The van der Waals surface area contributed by atoms with Crippen LogP contribution in [0.1, 0.15) is 176 Å². The van der Waals surface area contributed by atoms with Gasteiger partial charge in [0.15, 0.2) is 0 Å². The number of rotatable bonds is 21. The second kappa shape index (κ2) is 41.1. The topological polar surface area (TPSA) is 229 Å². The number of benzene rings is 6. The Hall–Kier alpha value is -9.38. The molecule has 0 aliphatic heterocycles. The van der Waals surface area contributed by atoms with Gasteiger partial charge < -0.3 is 15.2 Å². The van der Waals surface area contributed by atoms with Crippen LogP contribution in [0, 0.1) is 0 Å². The van der Waals surface area contributed by atoms with Gasteiger partial charge in [0.2, 0.25) is 0 Å². The molecule has 3 amide bonds. The number of nitrogens with zero attached hydrogens (tertiary/aromatic N) is 7. The molecule has 0 saturated carbocycles. The normalized spacial score (nSPS) is 11.0. The summed E-state index contributed by atoms with van der Waals surface area (Å²) in [6.45, 7) is 25.6. The molecule has 0 saturated heterocycles. The van der Waals surface area contributed by atoms with E-state index >= 15 is 0 Å². The van der Waals surface area contributed by atoms with E-state index < -0.39 is 30.2 Å². The number of hydrogen-bond donors (Lipinski definition) is 4. The number of aromatic carboxylic acids is 1. The molecule has 6 aromatic carbocycles. The molecule has 0 aliphatic carbocycles. The molecular formula is C83H94BBr2N7O10. The Morgan fingerprint density at radius 3 is 1.08 bits per heavy atom. The van der Waals surface area contributed by atoms with E-state index in [4.69, 9.17) is 24.8 Å². The maximum Gasteiger partial charge on any atom is 0.488 e. The maximum atomic E-state index is 13.2. The molecule has 0 aliphatic rings. The van der Waals surface area contributed by atoms with Gasteiger partial charge in [0.25, 0.3) is 17.7 Å². The van der Waals surface area contributed by atoms with E-state index in [0.29, 0.717) is 60.5 Å². The quantitative estimate of drug-likeness (QED) is 0.0298. The minimum Gasteiger partial charge on any atom is -0.477 e. The molecule has 4 N–H and O–H groups in total. The highest BCUT2D eigenvalue weighted by Gasteiger charge is 2.26. The average molecular weight is 1520 g/mol. The van der Waals surface area contributed by atoms with Crippen molar-refractivity contribution in [1.29, 1.82) is 0 Å². The van der Waals surface area contributed by atoms with Gasteiger partial charge in [-0.15, -0.1) is 0 Å². The molecule has 0 radical (unpaired) electrons. The first-order chi connectivity index (χ1) is 48.9. The number of carbonyl (C=O) groups excluding carboxylic acids is 3. The maximum absolute atomic E-state index is 13.2. The summed E-state index contributed by atoms with van der Waals surface area (Å²) in [6, 6.07) is 67.8. The molecule has 10 rings (SSSR count). The van der Waals surface area contributed by atoms with Gasteiger partial charge in [-0.1, -0.05) is 217 Å². The Bertz CT molecular complexity index is 4200. The molecular weight excluding hydrogens is 1430 g/mol. The molecule has 538 valence electrons. The van der Waals surface area contributed by atoms with E-state index in [1.807, 2.05) is 163 Å². The molecule has 20 heteroatoms. The van der Waals surface area contributed by atoms with Crippen LogP contribution in [0.4, 0.5) is 0 Å². The van der Waals surface area contributed by atoms with Gasteiger partial charge in [-0.25, -0.2) is 30.0 Å². The number of carboxylic acid groups (broad SMARTS) is 1. The van der Waals surface area contributed by atoms with Gasteiger partial charge in [-0.3, -0.25) is 39.2 Å². The second-order valence-electron chi connectivity index (χ2n) is 27.0. The minimum absolute atomic E-state index is 0.0585. The Kier molecular flexibility index (Phi) is 32.9. The van der Waals surface area contributed by atoms with Gasteiger partial charge in [-0.2, -0.15) is 0 Å². The Morgan fingerprint density at radius 1 is 0.408 bits per heavy atom. The summed E-state index contributed by atoms with van der Waals surface area (Å²) in [7, 11) is -1.36. The standard InChI is InChI=1S/C27H32N2O2.C23H24N2O2.C18H21BrN2O2.C9H13BO2.C6H4BrNO2/c1-20(2)22-12-9-13-23(18-22)24-14-15-25(28-19-24)26(30)29(31-27(3,4)5)17-16-21-10-7-6-8-11-21;1-17(2)19-9-6-10-20(15-19)21-11-12-22(24-16-21)23(26)25(27)14-13-18-7-4-3-5-8-18;1-18(2,3)23-21(12-11-14-7-5-4-6-8-14)17(22)16-10-9-15(19)13-20-16;1-7(2)8-4-3-5-9(6-8)10(11)12;7-4-1-2-5(6(9)10)8-3-4/h6-15,18-20H,16-17H2,1-5H3;3-12,15-17,27H,13-14H2,1-2H3;4-10,13H,11-12H2,1-3H3;3-7,11-12H,1-2H3;1-3H,(H,9,10). The molecule has 0 fully saturated rings. The van der Waals surface area contributed by atoms with Gasteiger partial charge in [0.05, 0.1) is 30.8 Å². The first-order valence-corrected chi connectivity index (χ1v) is 35.7. The van der Waals surface area contributed by atoms with E-state index in [1.54, 1.807) is 55.0 Å². The van der Waals surface area contributed by atoms with Gasteiger partial charge in [0, 0.05) is 44.9 Å². The Morgan fingerprint density at radius 2 is 0.748 bits per heavy atom. The van der Waals surface area contributed by atoms with Gasteiger partial charge in [0.1, 0.15) is 22.8 Å². The van der Waals surface area contributed by atoms with Crippen molar-refractivity contribution in [3.8, 4) is 22.3 Å². The van der Waals surface area contributed by atoms with Crippen molar-refractivity contribution in [3.05, 3.63) is 302 Å². The summed E-state index contributed by atoms with van der Waals surface area (Å²) < 4.78 is 1.61. The summed E-state index contributed by atoms with van der Waals surface area (Å²) >= 11 is 6.46. The lowest BCUT2D eigenvalue weighted by molar-refractivity contribution is -0.195. The lowest BCUT2D eigenvalue weighted by Gasteiger charge is -2.29. The third-order valence-corrected chi connectivity index (χ3v) is 16.2. The van der Waals surface area contributed by atoms with Crippen LogP contribution in [-0.4, -0.2) is 117 Å². The first-order valence-electron chi connectivity index (χ1n) is 34.1. The number of aromatic nitrogens is 4. The number of carboxylic acids is 1. The number of pyridine rings is 4. The number of halogens is 2. The number of hydrogen-bond acceptors (Lipinski definition) is 13. The zero-order valence-electron chi connectivity index (χ0n) is 60.7. The largest absolute Gasteiger partial charge is 0.488 e. The molecule has 0 bridgehead atoms. The molecule has 10 aromatic rings. The van der Waals surface area contributed by atoms with E-state index in [-0.39, 0.29) is 29.7 Å². The smallest absolute Gasteiger partial charge is 0.477 e. The number of carbonyl (C=O) groups is 4. The van der Waals surface area contributed by atoms with E-state index in [0.717, 1.165) is 64.9 Å². The third-order valence-electron chi connectivity index (χ3n) is 15.3. The van der Waals surface area contributed by atoms with Crippen LogP contribution in [0.3, 0.4) is 0 Å². The van der Waals surface area contributed by atoms with Crippen molar-refractivity contribution in [2.24, 2.45) is 0 Å². The highest BCUT2D eigenvalue weighted by molar-refractivity contribution is 9.10. The van der Waals surface area contributed by atoms with Crippen LogP contribution in [-0.2, 0) is 28.9 Å². The van der Waals surface area contributed by atoms with Crippen molar-refractivity contribution < 1.29 is 49.2 Å². The fourth-order valence-corrected chi connectivity index (χ4v) is 10.2. The molecule has 4 aromatic heterocycles. The van der Waals surface area contributed by atoms with Crippen molar-refractivity contribution in [2.75, 3.05) is 19.6 Å². The average Bonchev–Trinajstić information content (AvgIpc) is 0.842. The predicted molar refractivity (Wildman–Crippen MR) is 416 cm³/mol. The monoisotopic (exact) mass is 1520 g/mol. The van der Waals surface area contributed by atoms with Crippen LogP contribution >= 0.6 is 31.9 Å². The van der Waals surface area contributed by atoms with Gasteiger partial charge in [-0.05, 0) is 197 Å². The van der Waals surface area contributed by atoms with Crippen LogP contribution in [0.15, 0.2) is 246 Å². The van der Waals surface area contributed by atoms with Crippen LogP contribution in [0.25, 0.3) is 22.3 Å². The second-order valence-corrected chi connectivity index (χ2v) is 28.8. The zero-order chi connectivity index (χ0) is 75.2. The molecule has 4 heterocycles. The molecule has 0 spiro atoms. The minimum atomic E-state index is -1.36. The fraction of sp³-hybridized carbons (Fsp3) is 0.277. The predicted octanol–water partition coefficient (Wildman–Crippen LogP) is 17.5. The summed E-state index contributed by atoms with van der Waals surface area (Å²) in [6.07, 6.45) is 8.52. The summed E-state index contributed by atoms with van der Waals surface area (Å²) in [5.74, 6) is -0.630. The number of hydroxylamine groups is 6. The molecule has 103 heavy (non-hydrogen) atoms. The number of amides is 3.